The molecule has 0 saturated heterocycles. The highest BCUT2D eigenvalue weighted by atomic mass is 16.3. The third kappa shape index (κ3) is 3.46. The summed E-state index contributed by atoms with van der Waals surface area (Å²) in [5.74, 6) is 1.65. The van der Waals surface area contributed by atoms with E-state index in [1.165, 1.54) is 17.6 Å². The molecule has 4 aliphatic carbocycles. The van der Waals surface area contributed by atoms with Gasteiger partial charge in [-0.1, -0.05) is 58.8 Å². The van der Waals surface area contributed by atoms with Crippen LogP contribution in [0, 0.1) is 45.3 Å². The number of Topliss-reactive ketones (excluding diaryl/α,β-unsaturated/α-hetero) is 1. The van der Waals surface area contributed by atoms with E-state index in [2.05, 4.69) is 27.7 Å². The SMILES string of the molecule is CC(C)=CC(O)CC(C)C1CCC2(C)C3=CC(=O)C4C(C)(C)C(=O)CCC4(C)C3CCC12C. The lowest BCUT2D eigenvalue weighted by atomic mass is 9.41. The number of hydrogen-bond donors (Lipinski definition) is 1. The summed E-state index contributed by atoms with van der Waals surface area (Å²) in [5.41, 5.74) is 2.03. The second-order valence-electron chi connectivity index (χ2n) is 13.6. The fourth-order valence-electron chi connectivity index (χ4n) is 9.36. The van der Waals surface area contributed by atoms with Crippen molar-refractivity contribution in [1.82, 2.24) is 0 Å². The molecule has 0 bridgehead atoms. The van der Waals surface area contributed by atoms with Crippen molar-refractivity contribution < 1.29 is 14.7 Å². The Kier molecular flexibility index (Phi) is 5.96. The topological polar surface area (TPSA) is 54.4 Å². The minimum atomic E-state index is -0.568. The van der Waals surface area contributed by atoms with Crippen LogP contribution in [0.3, 0.4) is 0 Å². The summed E-state index contributed by atoms with van der Waals surface area (Å²) in [6.07, 6.45) is 10.4. The van der Waals surface area contributed by atoms with Crippen LogP contribution in [0.1, 0.15) is 100 Å². The van der Waals surface area contributed by atoms with Crippen LogP contribution in [0.15, 0.2) is 23.3 Å². The number of fused-ring (bicyclic) bond motifs is 5. The maximum absolute atomic E-state index is 13.7. The van der Waals surface area contributed by atoms with Crippen molar-refractivity contribution in [2.75, 3.05) is 0 Å². The molecule has 0 aliphatic heterocycles. The second kappa shape index (κ2) is 7.90. The van der Waals surface area contributed by atoms with E-state index in [1.54, 1.807) is 0 Å². The van der Waals surface area contributed by atoms with Gasteiger partial charge in [0.15, 0.2) is 5.78 Å². The average molecular weight is 455 g/mol. The molecule has 8 unspecified atom stereocenters. The number of hydrogen-bond acceptors (Lipinski definition) is 3. The highest BCUT2D eigenvalue weighted by Crippen LogP contribution is 2.72. The van der Waals surface area contributed by atoms with Crippen molar-refractivity contribution >= 4 is 11.6 Å². The van der Waals surface area contributed by atoms with E-state index >= 15 is 0 Å². The quantitative estimate of drug-likeness (QED) is 0.481. The third-order valence-corrected chi connectivity index (χ3v) is 11.2. The van der Waals surface area contributed by atoms with E-state index in [1.807, 2.05) is 39.8 Å². The van der Waals surface area contributed by atoms with Crippen LogP contribution in [-0.2, 0) is 9.59 Å². The number of ketones is 2. The van der Waals surface area contributed by atoms with Crippen LogP contribution in [0.2, 0.25) is 0 Å². The minimum absolute atomic E-state index is 0.0194. The fourth-order valence-corrected chi connectivity index (χ4v) is 9.36. The van der Waals surface area contributed by atoms with Gasteiger partial charge in [0.2, 0.25) is 0 Å². The Balaban J connectivity index is 1.69. The van der Waals surface area contributed by atoms with Gasteiger partial charge in [-0.15, -0.1) is 0 Å². The zero-order valence-electron chi connectivity index (χ0n) is 22.3. The van der Waals surface area contributed by atoms with Crippen LogP contribution in [0.5, 0.6) is 0 Å². The molecule has 0 aromatic carbocycles. The molecule has 0 heterocycles. The van der Waals surface area contributed by atoms with E-state index in [0.717, 1.165) is 32.1 Å². The molecule has 0 radical (unpaired) electrons. The molecule has 4 aliphatic rings. The molecule has 0 amide bonds. The highest BCUT2D eigenvalue weighted by Gasteiger charge is 2.66. The molecular weight excluding hydrogens is 408 g/mol. The Hall–Kier alpha value is -1.22. The largest absolute Gasteiger partial charge is 0.389 e. The third-order valence-electron chi connectivity index (χ3n) is 11.2. The fraction of sp³-hybridized carbons (Fsp3) is 0.800. The zero-order valence-corrected chi connectivity index (χ0v) is 22.3. The second-order valence-corrected chi connectivity index (χ2v) is 13.6. The highest BCUT2D eigenvalue weighted by molar-refractivity contribution is 6.00. The van der Waals surface area contributed by atoms with Gasteiger partial charge in [-0.05, 0) is 92.4 Å². The first-order chi connectivity index (χ1) is 15.2. The van der Waals surface area contributed by atoms with Gasteiger partial charge in [-0.3, -0.25) is 9.59 Å². The smallest absolute Gasteiger partial charge is 0.160 e. The van der Waals surface area contributed by atoms with Crippen molar-refractivity contribution in [2.24, 2.45) is 45.3 Å². The van der Waals surface area contributed by atoms with Gasteiger partial charge in [0.25, 0.3) is 0 Å². The van der Waals surface area contributed by atoms with Crippen molar-refractivity contribution in [3.63, 3.8) is 0 Å². The van der Waals surface area contributed by atoms with E-state index in [-0.39, 0.29) is 39.8 Å². The first-order valence-corrected chi connectivity index (χ1v) is 13.3. The maximum atomic E-state index is 13.7. The van der Waals surface area contributed by atoms with Crippen molar-refractivity contribution in [3.05, 3.63) is 23.3 Å². The summed E-state index contributed by atoms with van der Waals surface area (Å²) in [6, 6.07) is 0. The van der Waals surface area contributed by atoms with Gasteiger partial charge in [0.1, 0.15) is 5.78 Å². The molecule has 3 saturated carbocycles. The molecule has 0 aromatic rings. The predicted molar refractivity (Wildman–Crippen MR) is 134 cm³/mol. The van der Waals surface area contributed by atoms with Crippen molar-refractivity contribution in [2.45, 2.75) is 106 Å². The van der Waals surface area contributed by atoms with Crippen LogP contribution in [-0.4, -0.2) is 22.8 Å². The van der Waals surface area contributed by atoms with E-state index in [0.29, 0.717) is 24.2 Å². The van der Waals surface area contributed by atoms with Crippen molar-refractivity contribution in [3.8, 4) is 0 Å². The minimum Gasteiger partial charge on any atom is -0.389 e. The molecule has 8 atom stereocenters. The lowest BCUT2D eigenvalue weighted by Gasteiger charge is -2.62. The Morgan fingerprint density at radius 2 is 1.76 bits per heavy atom. The summed E-state index contributed by atoms with van der Waals surface area (Å²) in [6.45, 7) is 17.6. The Bertz CT molecular complexity index is 906. The normalized spacial score (nSPS) is 43.7. The number of carbonyl (C=O) groups excluding carboxylic acids is 2. The number of rotatable bonds is 4. The summed E-state index contributed by atoms with van der Waals surface area (Å²) >= 11 is 0. The molecule has 1 N–H and O–H groups in total. The first kappa shape index (κ1) is 24.9. The molecule has 4 rings (SSSR count). The van der Waals surface area contributed by atoms with Gasteiger partial charge in [-0.2, -0.15) is 0 Å². The van der Waals surface area contributed by atoms with Crippen LogP contribution < -0.4 is 0 Å². The maximum Gasteiger partial charge on any atom is 0.160 e. The zero-order chi connectivity index (χ0) is 24.6. The van der Waals surface area contributed by atoms with Gasteiger partial charge >= 0.3 is 0 Å². The van der Waals surface area contributed by atoms with Crippen LogP contribution >= 0.6 is 0 Å². The molecule has 0 aromatic heterocycles. The van der Waals surface area contributed by atoms with E-state index < -0.39 is 5.41 Å². The Morgan fingerprint density at radius 3 is 2.39 bits per heavy atom. The molecule has 184 valence electrons. The number of aliphatic hydroxyl groups is 1. The summed E-state index contributed by atoms with van der Waals surface area (Å²) < 4.78 is 0. The first-order valence-electron chi connectivity index (χ1n) is 13.3. The summed E-state index contributed by atoms with van der Waals surface area (Å²) in [5, 5.41) is 10.6. The molecule has 3 fully saturated rings. The Labute approximate surface area is 201 Å². The predicted octanol–water partition coefficient (Wildman–Crippen LogP) is 6.69. The van der Waals surface area contributed by atoms with Crippen LogP contribution in [0.4, 0.5) is 0 Å². The average Bonchev–Trinajstić information content (AvgIpc) is 2.96. The molecule has 3 nitrogen and oxygen atoms in total. The number of aliphatic hydroxyl groups excluding tert-OH is 1. The van der Waals surface area contributed by atoms with Gasteiger partial charge in [0.05, 0.1) is 6.10 Å². The molecular formula is C30H46O3. The lowest BCUT2D eigenvalue weighted by Crippen LogP contribution is -2.59. The van der Waals surface area contributed by atoms with Crippen LogP contribution in [0.25, 0.3) is 0 Å². The number of allylic oxidation sites excluding steroid dienone is 3. The summed E-state index contributed by atoms with van der Waals surface area (Å²) in [4.78, 5) is 26.5. The Morgan fingerprint density at radius 1 is 1.09 bits per heavy atom. The number of carbonyl (C=O) groups is 2. The monoisotopic (exact) mass is 454 g/mol. The lowest BCUT2D eigenvalue weighted by molar-refractivity contribution is -0.155. The standard InChI is InChI=1S/C30H46O3/c1-18(2)15-20(31)16-19(3)21-9-13-30(8)23-17-24(32)26-27(4,5)25(33)11-12-28(26,6)22(23)10-14-29(21,30)7/h15,17,19-22,26,31H,9-14,16H2,1-8H3. The van der Waals surface area contributed by atoms with E-state index in [9.17, 15) is 14.7 Å². The van der Waals surface area contributed by atoms with Crippen molar-refractivity contribution in [1.29, 1.82) is 0 Å². The molecule has 3 heteroatoms. The summed E-state index contributed by atoms with van der Waals surface area (Å²) in [7, 11) is 0. The molecule has 33 heavy (non-hydrogen) atoms. The van der Waals surface area contributed by atoms with E-state index in [4.69, 9.17) is 0 Å². The molecule has 0 spiro atoms. The van der Waals surface area contributed by atoms with Gasteiger partial charge < -0.3 is 5.11 Å². The van der Waals surface area contributed by atoms with Gasteiger partial charge in [-0.25, -0.2) is 0 Å². The van der Waals surface area contributed by atoms with Gasteiger partial charge in [0, 0.05) is 17.8 Å².